The number of likely N-dealkylation sites (tertiary alicyclic amines) is 1. The molecule has 0 bridgehead atoms. The van der Waals surface area contributed by atoms with E-state index in [1.54, 1.807) is 7.11 Å². The number of amides is 2. The first kappa shape index (κ1) is 15.7. The van der Waals surface area contributed by atoms with Gasteiger partial charge in [-0.2, -0.15) is 0 Å². The Morgan fingerprint density at radius 1 is 1.24 bits per heavy atom. The quantitative estimate of drug-likeness (QED) is 0.600. The molecule has 0 saturated carbocycles. The Bertz CT molecular complexity index is 504. The summed E-state index contributed by atoms with van der Waals surface area (Å²) in [6.45, 7) is 4.17. The van der Waals surface area contributed by atoms with Crippen LogP contribution >= 0.6 is 0 Å². The first-order chi connectivity index (χ1) is 10.1. The van der Waals surface area contributed by atoms with Crippen molar-refractivity contribution in [3.05, 3.63) is 35.9 Å². The van der Waals surface area contributed by atoms with Gasteiger partial charge in [-0.3, -0.25) is 14.5 Å². The summed E-state index contributed by atoms with van der Waals surface area (Å²) in [7, 11) is 1.64. The van der Waals surface area contributed by atoms with Crippen LogP contribution in [0.5, 0.6) is 0 Å². The van der Waals surface area contributed by atoms with Crippen LogP contribution < -0.4 is 5.32 Å². The summed E-state index contributed by atoms with van der Waals surface area (Å²) in [4.78, 5) is 26.1. The van der Waals surface area contributed by atoms with Gasteiger partial charge >= 0.3 is 0 Å². The smallest absolute Gasteiger partial charge is 0.240 e. The highest BCUT2D eigenvalue weighted by molar-refractivity contribution is 6.08. The van der Waals surface area contributed by atoms with Crippen LogP contribution in [0, 0.1) is 0 Å². The summed E-state index contributed by atoms with van der Waals surface area (Å²) in [5.41, 5.74) is 0.170. The molecule has 1 unspecified atom stereocenters. The van der Waals surface area contributed by atoms with Gasteiger partial charge < -0.3 is 10.1 Å². The molecule has 0 radical (unpaired) electrons. The van der Waals surface area contributed by atoms with Crippen molar-refractivity contribution in [2.45, 2.75) is 18.8 Å². The van der Waals surface area contributed by atoms with Gasteiger partial charge in [0.25, 0.3) is 0 Å². The molecule has 0 spiro atoms. The average Bonchev–Trinajstić information content (AvgIpc) is 2.72. The normalized spacial score (nSPS) is 22.1. The van der Waals surface area contributed by atoms with Gasteiger partial charge in [0, 0.05) is 33.2 Å². The molecule has 2 amide bonds. The Balaban J connectivity index is 2.00. The molecule has 21 heavy (non-hydrogen) atoms. The Labute approximate surface area is 125 Å². The third-order valence-electron chi connectivity index (χ3n) is 3.93. The summed E-state index contributed by atoms with van der Waals surface area (Å²) in [6, 6.07) is 9.52. The largest absolute Gasteiger partial charge is 0.383 e. The molecular formula is C16H22N2O3. The van der Waals surface area contributed by atoms with E-state index in [4.69, 9.17) is 4.74 Å². The van der Waals surface area contributed by atoms with E-state index in [1.807, 2.05) is 37.3 Å². The summed E-state index contributed by atoms with van der Waals surface area (Å²) in [5.74, 6) is -0.202. The second-order valence-corrected chi connectivity index (χ2v) is 5.47. The van der Waals surface area contributed by atoms with Gasteiger partial charge in [-0.15, -0.1) is 0 Å². The van der Waals surface area contributed by atoms with Crippen molar-refractivity contribution in [2.24, 2.45) is 0 Å². The molecule has 5 nitrogen and oxygen atoms in total. The lowest BCUT2D eigenvalue weighted by Crippen LogP contribution is -2.40. The van der Waals surface area contributed by atoms with Crippen molar-refractivity contribution in [1.29, 1.82) is 0 Å². The molecule has 1 aliphatic rings. The number of imide groups is 1. The zero-order chi connectivity index (χ0) is 15.3. The van der Waals surface area contributed by atoms with E-state index in [1.165, 1.54) is 4.90 Å². The molecule has 1 aromatic rings. The minimum Gasteiger partial charge on any atom is -0.383 e. The first-order valence-corrected chi connectivity index (χ1v) is 7.19. The van der Waals surface area contributed by atoms with E-state index in [9.17, 15) is 9.59 Å². The van der Waals surface area contributed by atoms with Crippen molar-refractivity contribution in [1.82, 2.24) is 10.2 Å². The topological polar surface area (TPSA) is 58.6 Å². The summed E-state index contributed by atoms with van der Waals surface area (Å²) < 4.78 is 4.94. The monoisotopic (exact) mass is 290 g/mol. The summed E-state index contributed by atoms with van der Waals surface area (Å²) in [5, 5.41) is 3.15. The molecule has 2 rings (SSSR count). The summed E-state index contributed by atoms with van der Waals surface area (Å²) >= 11 is 0. The molecular weight excluding hydrogens is 268 g/mol. The van der Waals surface area contributed by atoms with Crippen LogP contribution in [0.4, 0.5) is 0 Å². The lowest BCUT2D eigenvalue weighted by atomic mass is 9.81. The minimum atomic E-state index is -0.731. The fourth-order valence-corrected chi connectivity index (χ4v) is 2.63. The van der Waals surface area contributed by atoms with Crippen LogP contribution in [0.25, 0.3) is 0 Å². The highest BCUT2D eigenvalue weighted by Gasteiger charge is 2.48. The number of hydrogen-bond acceptors (Lipinski definition) is 4. The van der Waals surface area contributed by atoms with E-state index in [0.717, 1.165) is 5.56 Å². The van der Waals surface area contributed by atoms with Gasteiger partial charge in [0.2, 0.25) is 11.8 Å². The third kappa shape index (κ3) is 3.31. The van der Waals surface area contributed by atoms with Gasteiger partial charge in [-0.1, -0.05) is 30.3 Å². The number of carbonyl (C=O) groups is 2. The lowest BCUT2D eigenvalue weighted by Gasteiger charge is -2.22. The van der Waals surface area contributed by atoms with Gasteiger partial charge in [-0.25, -0.2) is 0 Å². The Hall–Kier alpha value is -1.72. The molecule has 1 heterocycles. The molecule has 0 aromatic heterocycles. The SMILES string of the molecule is COCCNCCN1C(=O)CC(C)(c2ccccc2)C1=O. The molecule has 1 aromatic carbocycles. The molecule has 1 atom stereocenters. The van der Waals surface area contributed by atoms with Crippen LogP contribution in [0.2, 0.25) is 0 Å². The zero-order valence-electron chi connectivity index (χ0n) is 12.6. The van der Waals surface area contributed by atoms with Crippen LogP contribution in [0.15, 0.2) is 30.3 Å². The van der Waals surface area contributed by atoms with Gasteiger partial charge in [0.05, 0.1) is 12.0 Å². The Kier molecular flexibility index (Phi) is 5.09. The van der Waals surface area contributed by atoms with Crippen molar-refractivity contribution < 1.29 is 14.3 Å². The van der Waals surface area contributed by atoms with E-state index < -0.39 is 5.41 Å². The predicted octanol–water partition coefficient (Wildman–Crippen LogP) is 0.939. The first-order valence-electron chi connectivity index (χ1n) is 7.19. The number of rotatable bonds is 7. The predicted molar refractivity (Wildman–Crippen MR) is 79.9 cm³/mol. The van der Waals surface area contributed by atoms with Crippen molar-refractivity contribution in [2.75, 3.05) is 33.4 Å². The van der Waals surface area contributed by atoms with Crippen LogP contribution in [0.3, 0.4) is 0 Å². The molecule has 1 N–H and O–H groups in total. The van der Waals surface area contributed by atoms with Crippen molar-refractivity contribution >= 4 is 11.8 Å². The molecule has 5 heteroatoms. The van der Waals surface area contributed by atoms with E-state index in [2.05, 4.69) is 5.32 Å². The second-order valence-electron chi connectivity index (χ2n) is 5.47. The number of carbonyl (C=O) groups excluding carboxylic acids is 2. The third-order valence-corrected chi connectivity index (χ3v) is 3.93. The molecule has 1 fully saturated rings. The van der Waals surface area contributed by atoms with Crippen molar-refractivity contribution in [3.63, 3.8) is 0 Å². The number of nitrogens with zero attached hydrogens (tertiary/aromatic N) is 1. The lowest BCUT2D eigenvalue weighted by molar-refractivity contribution is -0.139. The fourth-order valence-electron chi connectivity index (χ4n) is 2.63. The van der Waals surface area contributed by atoms with E-state index in [0.29, 0.717) is 26.2 Å². The number of nitrogens with one attached hydrogen (secondary N) is 1. The number of methoxy groups -OCH3 is 1. The highest BCUT2D eigenvalue weighted by atomic mass is 16.5. The Morgan fingerprint density at radius 3 is 2.62 bits per heavy atom. The highest BCUT2D eigenvalue weighted by Crippen LogP contribution is 2.35. The number of hydrogen-bond donors (Lipinski definition) is 1. The summed E-state index contributed by atoms with van der Waals surface area (Å²) in [6.07, 6.45) is 0.244. The fraction of sp³-hybridized carbons (Fsp3) is 0.500. The van der Waals surface area contributed by atoms with E-state index in [-0.39, 0.29) is 18.2 Å². The second kappa shape index (κ2) is 6.83. The standard InChI is InChI=1S/C16H22N2O3/c1-16(13-6-4-3-5-7-13)12-14(19)18(15(16)20)10-8-17-9-11-21-2/h3-7,17H,8-12H2,1-2H3. The maximum atomic E-state index is 12.6. The number of ether oxygens (including phenoxy) is 1. The zero-order valence-corrected chi connectivity index (χ0v) is 12.6. The van der Waals surface area contributed by atoms with Crippen LogP contribution in [-0.2, 0) is 19.7 Å². The maximum absolute atomic E-state index is 12.6. The minimum absolute atomic E-state index is 0.0973. The van der Waals surface area contributed by atoms with Crippen LogP contribution in [-0.4, -0.2) is 50.1 Å². The molecule has 1 aliphatic heterocycles. The van der Waals surface area contributed by atoms with Gasteiger partial charge in [0.1, 0.15) is 0 Å². The molecule has 114 valence electrons. The molecule has 1 saturated heterocycles. The molecule has 0 aliphatic carbocycles. The Morgan fingerprint density at radius 2 is 1.95 bits per heavy atom. The number of benzene rings is 1. The van der Waals surface area contributed by atoms with Crippen molar-refractivity contribution in [3.8, 4) is 0 Å². The maximum Gasteiger partial charge on any atom is 0.240 e. The average molecular weight is 290 g/mol. The van der Waals surface area contributed by atoms with Gasteiger partial charge in [-0.05, 0) is 12.5 Å². The van der Waals surface area contributed by atoms with Gasteiger partial charge in [0.15, 0.2) is 0 Å². The van der Waals surface area contributed by atoms with Crippen LogP contribution in [0.1, 0.15) is 18.9 Å². The van der Waals surface area contributed by atoms with E-state index >= 15 is 0 Å².